The Labute approximate surface area is 97.3 Å². The third-order valence-corrected chi connectivity index (χ3v) is 3.69. The molecule has 3 nitrogen and oxygen atoms in total. The van der Waals surface area contributed by atoms with Crippen molar-refractivity contribution in [3.63, 3.8) is 0 Å². The summed E-state index contributed by atoms with van der Waals surface area (Å²) in [6.07, 6.45) is 10.7. The van der Waals surface area contributed by atoms with Crippen LogP contribution in [-0.4, -0.2) is 16.0 Å². The van der Waals surface area contributed by atoms with Gasteiger partial charge in [-0.25, -0.2) is 4.98 Å². The lowest BCUT2D eigenvalue weighted by atomic mass is 10.0. The number of thiazole rings is 1. The van der Waals surface area contributed by atoms with Crippen molar-refractivity contribution in [2.45, 2.75) is 12.5 Å². The molecule has 0 saturated carbocycles. The highest BCUT2D eigenvalue weighted by molar-refractivity contribution is 7.19. The van der Waals surface area contributed by atoms with Gasteiger partial charge < -0.3 is 5.73 Å². The third-order valence-electron chi connectivity index (χ3n) is 2.64. The van der Waals surface area contributed by atoms with Crippen LogP contribution in [0.1, 0.15) is 11.4 Å². The van der Waals surface area contributed by atoms with Crippen LogP contribution in [0.3, 0.4) is 0 Å². The van der Waals surface area contributed by atoms with Crippen LogP contribution in [0, 0.1) is 0 Å². The van der Waals surface area contributed by atoms with Crippen molar-refractivity contribution >= 4 is 27.1 Å². The summed E-state index contributed by atoms with van der Waals surface area (Å²) in [6, 6.07) is 2.00. The summed E-state index contributed by atoms with van der Waals surface area (Å²) >= 11 is 1.65. The van der Waals surface area contributed by atoms with Crippen LogP contribution in [0.5, 0.6) is 0 Å². The van der Waals surface area contributed by atoms with Crippen LogP contribution in [-0.2, 0) is 0 Å². The minimum atomic E-state index is 0.0681. The minimum absolute atomic E-state index is 0.0681. The lowest BCUT2D eigenvalue weighted by Crippen LogP contribution is -2.22. The summed E-state index contributed by atoms with van der Waals surface area (Å²) < 4.78 is 1.11. The number of nitrogens with zero attached hydrogens (tertiary/aromatic N) is 2. The molecule has 0 amide bonds. The SMILES string of the molecule is NC1CC=CC=C1c1nc2ccncc2s1. The fourth-order valence-electron chi connectivity index (χ4n) is 1.78. The molecule has 3 rings (SSSR count). The van der Waals surface area contributed by atoms with Gasteiger partial charge in [0.05, 0.1) is 10.2 Å². The fraction of sp³-hybridized carbons (Fsp3) is 0.167. The van der Waals surface area contributed by atoms with Gasteiger partial charge in [0, 0.05) is 24.0 Å². The van der Waals surface area contributed by atoms with Gasteiger partial charge in [-0.15, -0.1) is 11.3 Å². The summed E-state index contributed by atoms with van der Waals surface area (Å²) in [4.78, 5) is 8.68. The molecule has 4 heteroatoms. The predicted molar refractivity (Wildman–Crippen MR) is 67.1 cm³/mol. The van der Waals surface area contributed by atoms with E-state index in [2.05, 4.69) is 22.1 Å². The largest absolute Gasteiger partial charge is 0.324 e. The van der Waals surface area contributed by atoms with Crippen molar-refractivity contribution < 1.29 is 0 Å². The molecule has 0 radical (unpaired) electrons. The molecule has 80 valence electrons. The van der Waals surface area contributed by atoms with E-state index < -0.39 is 0 Å². The number of aromatic nitrogens is 2. The van der Waals surface area contributed by atoms with Crippen LogP contribution in [0.15, 0.2) is 36.7 Å². The zero-order chi connectivity index (χ0) is 11.0. The molecule has 16 heavy (non-hydrogen) atoms. The van der Waals surface area contributed by atoms with Gasteiger partial charge >= 0.3 is 0 Å². The molecule has 2 aromatic heterocycles. The highest BCUT2D eigenvalue weighted by atomic mass is 32.1. The van der Waals surface area contributed by atoms with Gasteiger partial charge in [0.1, 0.15) is 5.01 Å². The van der Waals surface area contributed by atoms with E-state index in [9.17, 15) is 0 Å². The second-order valence-corrected chi connectivity index (χ2v) is 4.79. The van der Waals surface area contributed by atoms with Gasteiger partial charge in [0.15, 0.2) is 0 Å². The first kappa shape index (κ1) is 9.69. The summed E-state index contributed by atoms with van der Waals surface area (Å²) in [7, 11) is 0. The van der Waals surface area contributed by atoms with Crippen molar-refractivity contribution in [3.8, 4) is 0 Å². The zero-order valence-electron chi connectivity index (χ0n) is 8.63. The van der Waals surface area contributed by atoms with Crippen molar-refractivity contribution in [2.75, 3.05) is 0 Å². The minimum Gasteiger partial charge on any atom is -0.324 e. The molecule has 2 heterocycles. The van der Waals surface area contributed by atoms with E-state index in [1.54, 1.807) is 17.5 Å². The molecule has 1 aliphatic carbocycles. The highest BCUT2D eigenvalue weighted by Crippen LogP contribution is 2.29. The summed E-state index contributed by atoms with van der Waals surface area (Å²) in [5, 5.41) is 1.01. The van der Waals surface area contributed by atoms with E-state index in [1.807, 2.05) is 18.3 Å². The monoisotopic (exact) mass is 229 g/mol. The molecule has 2 N–H and O–H groups in total. The van der Waals surface area contributed by atoms with E-state index in [4.69, 9.17) is 5.73 Å². The van der Waals surface area contributed by atoms with Crippen LogP contribution >= 0.6 is 11.3 Å². The fourth-order valence-corrected chi connectivity index (χ4v) is 2.80. The Morgan fingerprint density at radius 3 is 3.19 bits per heavy atom. The Balaban J connectivity index is 2.12. The van der Waals surface area contributed by atoms with Gasteiger partial charge in [-0.1, -0.05) is 18.2 Å². The maximum Gasteiger partial charge on any atom is 0.122 e. The third kappa shape index (κ3) is 1.56. The van der Waals surface area contributed by atoms with Crippen LogP contribution in [0.25, 0.3) is 15.8 Å². The van der Waals surface area contributed by atoms with Crippen molar-refractivity contribution in [2.24, 2.45) is 5.73 Å². The Bertz CT molecular complexity index is 550. The average Bonchev–Trinajstić information content (AvgIpc) is 2.73. The quantitative estimate of drug-likeness (QED) is 0.816. The number of fused-ring (bicyclic) bond motifs is 1. The maximum absolute atomic E-state index is 6.06. The van der Waals surface area contributed by atoms with Gasteiger partial charge in [0.25, 0.3) is 0 Å². The molecule has 0 aliphatic heterocycles. The van der Waals surface area contributed by atoms with E-state index in [1.165, 1.54) is 0 Å². The first-order valence-corrected chi connectivity index (χ1v) is 5.99. The molecule has 0 fully saturated rings. The molecule has 0 spiro atoms. The highest BCUT2D eigenvalue weighted by Gasteiger charge is 2.16. The van der Waals surface area contributed by atoms with Crippen molar-refractivity contribution in [3.05, 3.63) is 41.7 Å². The van der Waals surface area contributed by atoms with Crippen LogP contribution in [0.2, 0.25) is 0 Å². The van der Waals surface area contributed by atoms with Crippen molar-refractivity contribution in [1.29, 1.82) is 0 Å². The Hall–Kier alpha value is -1.52. The van der Waals surface area contributed by atoms with Gasteiger partial charge in [-0.2, -0.15) is 0 Å². The topological polar surface area (TPSA) is 51.8 Å². The standard InChI is InChI=1S/C12H11N3S/c13-9-4-2-1-3-8(9)12-15-10-5-6-14-7-11(10)16-12/h1-3,5-7,9H,4,13H2. The van der Waals surface area contributed by atoms with Gasteiger partial charge in [-0.3, -0.25) is 4.98 Å². The second kappa shape index (κ2) is 3.81. The molecule has 2 aromatic rings. The molecule has 0 bridgehead atoms. The summed E-state index contributed by atoms with van der Waals surface area (Å²) in [5.74, 6) is 0. The van der Waals surface area contributed by atoms with Crippen LogP contribution in [0.4, 0.5) is 0 Å². The molecule has 1 unspecified atom stereocenters. The molecule has 0 aromatic carbocycles. The number of pyridine rings is 1. The molecule has 1 aliphatic rings. The second-order valence-electron chi connectivity index (χ2n) is 3.75. The molecular weight excluding hydrogens is 218 g/mol. The number of allylic oxidation sites excluding steroid dienone is 2. The number of rotatable bonds is 1. The van der Waals surface area contributed by atoms with Gasteiger partial charge in [0.2, 0.25) is 0 Å². The Morgan fingerprint density at radius 2 is 2.38 bits per heavy atom. The summed E-state index contributed by atoms with van der Waals surface area (Å²) in [6.45, 7) is 0. The number of hydrogen-bond donors (Lipinski definition) is 1. The predicted octanol–water partition coefficient (Wildman–Crippen LogP) is 2.36. The van der Waals surface area contributed by atoms with E-state index in [0.717, 1.165) is 27.2 Å². The van der Waals surface area contributed by atoms with E-state index in [0.29, 0.717) is 0 Å². The lowest BCUT2D eigenvalue weighted by molar-refractivity contribution is 0.844. The molecular formula is C12H11N3S. The molecule has 1 atom stereocenters. The Morgan fingerprint density at radius 1 is 1.44 bits per heavy atom. The normalized spacial score (nSPS) is 20.1. The smallest absolute Gasteiger partial charge is 0.122 e. The zero-order valence-corrected chi connectivity index (χ0v) is 9.45. The lowest BCUT2D eigenvalue weighted by Gasteiger charge is -2.14. The average molecular weight is 229 g/mol. The maximum atomic E-state index is 6.06. The van der Waals surface area contributed by atoms with E-state index >= 15 is 0 Å². The molecule has 0 saturated heterocycles. The first-order chi connectivity index (χ1) is 7.84. The van der Waals surface area contributed by atoms with E-state index in [-0.39, 0.29) is 6.04 Å². The number of nitrogens with two attached hydrogens (primary N) is 1. The summed E-state index contributed by atoms with van der Waals surface area (Å²) in [5.41, 5.74) is 8.19. The first-order valence-electron chi connectivity index (χ1n) is 5.18. The number of hydrogen-bond acceptors (Lipinski definition) is 4. The van der Waals surface area contributed by atoms with Gasteiger partial charge in [-0.05, 0) is 12.5 Å². The Kier molecular flexibility index (Phi) is 2.31. The van der Waals surface area contributed by atoms with Crippen molar-refractivity contribution in [1.82, 2.24) is 9.97 Å². The van der Waals surface area contributed by atoms with Crippen LogP contribution < -0.4 is 5.73 Å².